The van der Waals surface area contributed by atoms with Crippen molar-refractivity contribution in [1.29, 1.82) is 0 Å². The molecular weight excluding hydrogens is 1320 g/mol. The number of halogens is 5. The number of rotatable bonds is 16. The lowest BCUT2D eigenvalue weighted by Gasteiger charge is -2.19. The first-order valence-corrected chi connectivity index (χ1v) is 34.2. The third kappa shape index (κ3) is 21.6. The standard InChI is InChI=1S/C21H25ClN4O2S.C20H22ClN3O3S.C20H20ClN3O3S.CH2Cl2.CH5N.CH4/c1-21(2,3)16-5-8-18(9-6-16)29(27,28)25-19-10-7-17(22)11-20(19)26-14-15(12-23-4)13-24-26;2*1-20(2,3)15-4-7-17(8-5-15)28(26,27)23-18-9-6-16(21)10-19(18)24-12-14(13-25)11-22-24;2-1-3;1-2;/h5-11,13-14,23,25H,12H2,1-4H3;4-12,23,25H,13H2,1-3H3;4-13,23H,1-3H3;1H2;2H2,1H3;1H4. The van der Waals surface area contributed by atoms with Crippen molar-refractivity contribution < 1.29 is 35.2 Å². The molecule has 91 heavy (non-hydrogen) atoms. The van der Waals surface area contributed by atoms with Crippen molar-refractivity contribution in [3.8, 4) is 17.1 Å². The van der Waals surface area contributed by atoms with E-state index in [0.29, 0.717) is 73.2 Å². The number of anilines is 3. The number of aliphatic hydroxyl groups is 1. The Hall–Kier alpha value is -6.80. The average Bonchev–Trinajstić information content (AvgIpc) is 1.68. The van der Waals surface area contributed by atoms with Gasteiger partial charge in [-0.2, -0.15) is 15.3 Å². The highest BCUT2D eigenvalue weighted by Gasteiger charge is 2.24. The molecule has 19 nitrogen and oxygen atoms in total. The molecule has 7 N–H and O–H groups in total. The van der Waals surface area contributed by atoms with Gasteiger partial charge in [-0.1, -0.05) is 141 Å². The molecular formula is C64H78Cl5N11O8S3. The molecule has 9 rings (SSSR count). The Kier molecular flexibility index (Phi) is 27.9. The maximum absolute atomic E-state index is 13.0. The third-order valence-electron chi connectivity index (χ3n) is 13.0. The first-order valence-electron chi connectivity index (χ1n) is 27.5. The minimum Gasteiger partial charge on any atom is -0.392 e. The van der Waals surface area contributed by atoms with Crippen LogP contribution in [0.3, 0.4) is 0 Å². The number of alkyl halides is 2. The lowest BCUT2D eigenvalue weighted by atomic mass is 9.87. The van der Waals surface area contributed by atoms with Crippen molar-refractivity contribution in [2.24, 2.45) is 5.73 Å². The number of sulfonamides is 3. The van der Waals surface area contributed by atoms with E-state index in [-0.39, 0.29) is 50.3 Å². The summed E-state index contributed by atoms with van der Waals surface area (Å²) >= 11 is 27.8. The average molecular weight is 1400 g/mol. The number of nitrogens with zero attached hydrogens (tertiary/aromatic N) is 6. The molecule has 0 aliphatic rings. The maximum atomic E-state index is 13.0. The monoisotopic (exact) mass is 1400 g/mol. The van der Waals surface area contributed by atoms with Crippen LogP contribution < -0.4 is 25.2 Å². The Bertz CT molecular complexity index is 4180. The van der Waals surface area contributed by atoms with Gasteiger partial charge >= 0.3 is 0 Å². The van der Waals surface area contributed by atoms with E-state index in [0.717, 1.165) is 22.3 Å². The number of carbonyl (C=O) groups is 1. The molecule has 0 bridgehead atoms. The van der Waals surface area contributed by atoms with Gasteiger partial charge in [-0.25, -0.2) is 39.3 Å². The van der Waals surface area contributed by atoms with E-state index in [4.69, 9.17) is 58.0 Å². The van der Waals surface area contributed by atoms with Gasteiger partial charge in [-0.05, 0) is 138 Å². The van der Waals surface area contributed by atoms with Crippen molar-refractivity contribution >= 4 is 111 Å². The number of aliphatic hydroxyl groups excluding tert-OH is 1. The summed E-state index contributed by atoms with van der Waals surface area (Å²) in [6.07, 6.45) is 10.2. The molecule has 3 heterocycles. The Morgan fingerprint density at radius 1 is 0.484 bits per heavy atom. The highest BCUT2D eigenvalue weighted by molar-refractivity contribution is 7.93. The number of aromatic nitrogens is 6. The summed E-state index contributed by atoms with van der Waals surface area (Å²) in [6, 6.07) is 35.0. The molecule has 0 spiro atoms. The van der Waals surface area contributed by atoms with Crippen molar-refractivity contribution in [2.75, 3.05) is 33.6 Å². The van der Waals surface area contributed by atoms with Gasteiger partial charge in [0, 0.05) is 51.3 Å². The van der Waals surface area contributed by atoms with Gasteiger partial charge in [0.05, 0.1) is 84.9 Å². The van der Waals surface area contributed by atoms with Crippen LogP contribution in [0.5, 0.6) is 0 Å². The third-order valence-corrected chi connectivity index (χ3v) is 17.9. The molecule has 0 atom stereocenters. The van der Waals surface area contributed by atoms with Crippen LogP contribution >= 0.6 is 58.0 Å². The van der Waals surface area contributed by atoms with Crippen LogP contribution in [0.4, 0.5) is 17.1 Å². The van der Waals surface area contributed by atoms with Gasteiger partial charge < -0.3 is 16.2 Å². The fourth-order valence-electron chi connectivity index (χ4n) is 8.25. The zero-order valence-electron chi connectivity index (χ0n) is 51.5. The quantitative estimate of drug-likeness (QED) is 0.0389. The fourth-order valence-corrected chi connectivity index (χ4v) is 12.0. The summed E-state index contributed by atoms with van der Waals surface area (Å²) in [5.41, 5.74) is 11.9. The van der Waals surface area contributed by atoms with Crippen molar-refractivity contribution in [1.82, 2.24) is 34.7 Å². The van der Waals surface area contributed by atoms with Crippen LogP contribution in [0.25, 0.3) is 17.1 Å². The Balaban J connectivity index is 0.000000279. The Morgan fingerprint density at radius 2 is 0.769 bits per heavy atom. The maximum Gasteiger partial charge on any atom is 0.261 e. The van der Waals surface area contributed by atoms with E-state index in [1.165, 1.54) is 35.0 Å². The molecule has 0 radical (unpaired) electrons. The lowest BCUT2D eigenvalue weighted by molar-refractivity contribution is 0.112. The normalized spacial score (nSPS) is 11.6. The molecule has 6 aromatic carbocycles. The van der Waals surface area contributed by atoms with Gasteiger partial charge in [0.25, 0.3) is 30.1 Å². The minimum atomic E-state index is -3.82. The molecule has 9 aromatic rings. The van der Waals surface area contributed by atoms with Crippen molar-refractivity contribution in [2.45, 2.75) is 114 Å². The molecule has 0 saturated carbocycles. The second-order valence-corrected chi connectivity index (χ2v) is 30.0. The van der Waals surface area contributed by atoms with Gasteiger partial charge in [0.1, 0.15) is 0 Å². The number of hydrogen-bond acceptors (Lipinski definition) is 13. The zero-order chi connectivity index (χ0) is 67.0. The molecule has 490 valence electrons. The summed E-state index contributed by atoms with van der Waals surface area (Å²) in [7, 11) is -8.04. The van der Waals surface area contributed by atoms with Crippen LogP contribution in [0.2, 0.25) is 15.1 Å². The smallest absolute Gasteiger partial charge is 0.261 e. The second kappa shape index (κ2) is 33.2. The predicted octanol–water partition coefficient (Wildman–Crippen LogP) is 14.5. The molecule has 0 unspecified atom stereocenters. The van der Waals surface area contributed by atoms with Gasteiger partial charge in [0.15, 0.2) is 6.29 Å². The highest BCUT2D eigenvalue weighted by atomic mass is 35.5. The molecule has 0 saturated heterocycles. The Morgan fingerprint density at radius 3 is 1.03 bits per heavy atom. The van der Waals surface area contributed by atoms with Gasteiger partial charge in [0.2, 0.25) is 0 Å². The van der Waals surface area contributed by atoms with E-state index in [2.05, 4.69) is 103 Å². The Labute approximate surface area is 560 Å². The number of nitrogens with two attached hydrogens (primary N) is 1. The van der Waals surface area contributed by atoms with Crippen LogP contribution in [0, 0.1) is 0 Å². The molecule has 0 fully saturated rings. The molecule has 0 aliphatic carbocycles. The van der Waals surface area contributed by atoms with Gasteiger partial charge in [-0.3, -0.25) is 19.0 Å². The van der Waals surface area contributed by atoms with Crippen molar-refractivity contribution in [3.63, 3.8) is 0 Å². The first kappa shape index (κ1) is 76.7. The highest BCUT2D eigenvalue weighted by Crippen LogP contribution is 2.33. The van der Waals surface area contributed by atoms with Crippen LogP contribution in [-0.2, 0) is 59.5 Å². The van der Waals surface area contributed by atoms with Crippen molar-refractivity contribution in [3.05, 3.63) is 213 Å². The van der Waals surface area contributed by atoms with Crippen LogP contribution in [-0.4, -0.2) is 85.4 Å². The zero-order valence-corrected chi connectivity index (χ0v) is 57.7. The first-order chi connectivity index (χ1) is 42.2. The minimum absolute atomic E-state index is 0. The predicted molar refractivity (Wildman–Crippen MR) is 371 cm³/mol. The molecule has 0 aliphatic heterocycles. The van der Waals surface area contributed by atoms with E-state index < -0.39 is 30.1 Å². The van der Waals surface area contributed by atoms with E-state index in [1.54, 1.807) is 120 Å². The summed E-state index contributed by atoms with van der Waals surface area (Å²) in [6.45, 7) is 19.1. The number of benzene rings is 6. The SMILES string of the molecule is C.CC(C)(C)c1ccc(S(=O)(=O)Nc2ccc(Cl)cc2-n2cc(C=O)cn2)cc1.CC(C)(C)c1ccc(S(=O)(=O)Nc2ccc(Cl)cc2-n2cc(CO)cn2)cc1.CN.CNCc1cnn(-c2cc(Cl)ccc2NS(=O)(=O)c2ccc(C(C)(C)C)cc2)c1.ClCCl. The molecule has 27 heteroatoms. The van der Waals surface area contributed by atoms with E-state index >= 15 is 0 Å². The topological polar surface area (TPSA) is 267 Å². The summed E-state index contributed by atoms with van der Waals surface area (Å²) in [5, 5.41) is 26.4. The summed E-state index contributed by atoms with van der Waals surface area (Å²) in [5.74, 6) is 0. The number of nitrogens with one attached hydrogen (secondary N) is 4. The molecule has 3 aromatic heterocycles. The summed E-state index contributed by atoms with van der Waals surface area (Å²) in [4.78, 5) is 11.4. The number of aldehydes is 1. The van der Waals surface area contributed by atoms with E-state index in [9.17, 15) is 35.2 Å². The second-order valence-electron chi connectivity index (χ2n) is 22.8. The molecule has 0 amide bonds. The van der Waals surface area contributed by atoms with Crippen LogP contribution in [0.15, 0.2) is 179 Å². The largest absolute Gasteiger partial charge is 0.392 e. The van der Waals surface area contributed by atoms with Gasteiger partial charge in [-0.15, -0.1) is 23.2 Å². The number of hydrogen-bond donors (Lipinski definition) is 6. The summed E-state index contributed by atoms with van der Waals surface area (Å²) < 4.78 is 89.7. The van der Waals surface area contributed by atoms with Crippen LogP contribution in [0.1, 0.15) is 108 Å². The lowest BCUT2D eigenvalue weighted by Crippen LogP contribution is -2.16. The van der Waals surface area contributed by atoms with E-state index in [1.807, 2.05) is 37.5 Å². The number of carbonyl (C=O) groups excluding carboxylic acids is 1. The fraction of sp³-hybridized carbons (Fsp3) is 0.281.